The van der Waals surface area contributed by atoms with Crippen molar-refractivity contribution in [2.75, 3.05) is 6.54 Å². The maximum absolute atomic E-state index is 12.8. The Morgan fingerprint density at radius 1 is 1.53 bits per heavy atom. The first-order valence-corrected chi connectivity index (χ1v) is 5.70. The highest BCUT2D eigenvalue weighted by molar-refractivity contribution is 7.80. The predicted octanol–water partition coefficient (Wildman–Crippen LogP) is 1.47. The number of carbonyl (C=O) groups excluding carboxylic acids is 1. The summed E-state index contributed by atoms with van der Waals surface area (Å²) in [6.45, 7) is 2.34. The standard InChI is InChI=1S/C12H15FN2OS/c1-8-6-10(13)3-2-9(8)4-5-15-12(16)7-11(14)17/h2-3,6H,4-5,7H2,1H3,(H2,14,17)(H,15,16). The largest absolute Gasteiger partial charge is 0.393 e. The lowest BCUT2D eigenvalue weighted by atomic mass is 10.1. The number of hydrogen-bond donors (Lipinski definition) is 2. The van der Waals surface area contributed by atoms with Crippen molar-refractivity contribution in [1.29, 1.82) is 0 Å². The number of halogens is 1. The monoisotopic (exact) mass is 254 g/mol. The lowest BCUT2D eigenvalue weighted by molar-refractivity contribution is -0.119. The van der Waals surface area contributed by atoms with Crippen LogP contribution in [-0.2, 0) is 11.2 Å². The van der Waals surface area contributed by atoms with E-state index in [9.17, 15) is 9.18 Å². The van der Waals surface area contributed by atoms with Gasteiger partial charge in [0.25, 0.3) is 0 Å². The maximum Gasteiger partial charge on any atom is 0.226 e. The molecule has 0 radical (unpaired) electrons. The minimum Gasteiger partial charge on any atom is -0.393 e. The molecule has 1 amide bonds. The van der Waals surface area contributed by atoms with Gasteiger partial charge in [-0.3, -0.25) is 4.79 Å². The van der Waals surface area contributed by atoms with E-state index < -0.39 is 0 Å². The highest BCUT2D eigenvalue weighted by Gasteiger charge is 2.04. The van der Waals surface area contributed by atoms with Gasteiger partial charge in [0.15, 0.2) is 0 Å². The van der Waals surface area contributed by atoms with Crippen LogP contribution in [-0.4, -0.2) is 17.4 Å². The van der Waals surface area contributed by atoms with E-state index in [0.29, 0.717) is 13.0 Å². The van der Waals surface area contributed by atoms with Crippen molar-refractivity contribution in [3.8, 4) is 0 Å². The van der Waals surface area contributed by atoms with E-state index >= 15 is 0 Å². The highest BCUT2D eigenvalue weighted by Crippen LogP contribution is 2.10. The zero-order chi connectivity index (χ0) is 12.8. The fourth-order valence-corrected chi connectivity index (χ4v) is 1.63. The van der Waals surface area contributed by atoms with Gasteiger partial charge < -0.3 is 11.1 Å². The molecule has 0 saturated heterocycles. The minimum absolute atomic E-state index is 0.0672. The predicted molar refractivity (Wildman–Crippen MR) is 69.3 cm³/mol. The summed E-state index contributed by atoms with van der Waals surface area (Å²) in [6, 6.07) is 4.62. The van der Waals surface area contributed by atoms with E-state index in [1.54, 1.807) is 6.07 Å². The second-order valence-electron chi connectivity index (χ2n) is 3.81. The Bertz CT molecular complexity index is 435. The fraction of sp³-hybridized carbons (Fsp3) is 0.333. The van der Waals surface area contributed by atoms with E-state index in [4.69, 9.17) is 5.73 Å². The molecule has 0 atom stereocenters. The van der Waals surface area contributed by atoms with Gasteiger partial charge in [-0.1, -0.05) is 18.3 Å². The summed E-state index contributed by atoms with van der Waals surface area (Å²) in [7, 11) is 0. The molecule has 0 saturated carbocycles. The first kappa shape index (κ1) is 13.6. The highest BCUT2D eigenvalue weighted by atomic mass is 32.1. The Kier molecular flexibility index (Phi) is 5.03. The summed E-state index contributed by atoms with van der Waals surface area (Å²) in [5.41, 5.74) is 7.14. The Morgan fingerprint density at radius 3 is 2.82 bits per heavy atom. The van der Waals surface area contributed by atoms with E-state index in [2.05, 4.69) is 17.5 Å². The van der Waals surface area contributed by atoms with E-state index in [-0.39, 0.29) is 23.1 Å². The number of benzene rings is 1. The molecule has 1 aromatic carbocycles. The van der Waals surface area contributed by atoms with Crippen LogP contribution < -0.4 is 11.1 Å². The molecule has 0 heterocycles. The third-order valence-corrected chi connectivity index (χ3v) is 2.50. The molecule has 0 aliphatic heterocycles. The number of nitrogens with one attached hydrogen (secondary N) is 1. The zero-order valence-corrected chi connectivity index (χ0v) is 10.4. The Balaban J connectivity index is 2.41. The molecule has 92 valence electrons. The topological polar surface area (TPSA) is 55.1 Å². The van der Waals surface area contributed by atoms with Crippen LogP contribution in [0.3, 0.4) is 0 Å². The van der Waals surface area contributed by atoms with Crippen LogP contribution in [0.15, 0.2) is 18.2 Å². The molecule has 0 aliphatic carbocycles. The van der Waals surface area contributed by atoms with Gasteiger partial charge >= 0.3 is 0 Å². The second-order valence-corrected chi connectivity index (χ2v) is 4.34. The van der Waals surface area contributed by atoms with Crippen LogP contribution in [0.1, 0.15) is 17.5 Å². The maximum atomic E-state index is 12.8. The number of carbonyl (C=O) groups is 1. The molecule has 0 bridgehead atoms. The molecule has 0 fully saturated rings. The summed E-state index contributed by atoms with van der Waals surface area (Å²) >= 11 is 4.63. The van der Waals surface area contributed by atoms with Crippen LogP contribution in [0, 0.1) is 12.7 Å². The molecule has 0 aliphatic rings. The summed E-state index contributed by atoms with van der Waals surface area (Å²) in [5, 5.41) is 2.70. The van der Waals surface area contributed by atoms with Crippen LogP contribution in [0.4, 0.5) is 4.39 Å². The van der Waals surface area contributed by atoms with Crippen molar-refractivity contribution in [2.24, 2.45) is 5.73 Å². The van der Waals surface area contributed by atoms with Crippen LogP contribution in [0.5, 0.6) is 0 Å². The Morgan fingerprint density at radius 2 is 2.24 bits per heavy atom. The van der Waals surface area contributed by atoms with Gasteiger partial charge in [0.1, 0.15) is 5.82 Å². The van der Waals surface area contributed by atoms with Crippen molar-refractivity contribution in [1.82, 2.24) is 5.32 Å². The van der Waals surface area contributed by atoms with Crippen molar-refractivity contribution in [3.63, 3.8) is 0 Å². The second kappa shape index (κ2) is 6.30. The van der Waals surface area contributed by atoms with Gasteiger partial charge in [-0.25, -0.2) is 4.39 Å². The molecule has 1 aromatic rings. The van der Waals surface area contributed by atoms with Gasteiger partial charge in [-0.05, 0) is 36.6 Å². The van der Waals surface area contributed by atoms with Crippen LogP contribution >= 0.6 is 12.2 Å². The smallest absolute Gasteiger partial charge is 0.226 e. The lowest BCUT2D eigenvalue weighted by Crippen LogP contribution is -2.29. The number of hydrogen-bond acceptors (Lipinski definition) is 2. The summed E-state index contributed by atoms with van der Waals surface area (Å²) < 4.78 is 12.8. The number of amides is 1. The van der Waals surface area contributed by atoms with Gasteiger partial charge in [0.2, 0.25) is 5.91 Å². The first-order valence-electron chi connectivity index (χ1n) is 5.29. The molecule has 0 aromatic heterocycles. The van der Waals surface area contributed by atoms with Gasteiger partial charge in [-0.15, -0.1) is 0 Å². The van der Waals surface area contributed by atoms with Crippen LogP contribution in [0.25, 0.3) is 0 Å². The molecule has 3 N–H and O–H groups in total. The molecule has 5 heteroatoms. The molecule has 0 unspecified atom stereocenters. The summed E-state index contributed by atoms with van der Waals surface area (Å²) in [6.07, 6.45) is 0.729. The Labute approximate surface area is 105 Å². The number of nitrogens with two attached hydrogens (primary N) is 1. The fourth-order valence-electron chi connectivity index (χ4n) is 1.50. The molecule has 3 nitrogen and oxygen atoms in total. The van der Waals surface area contributed by atoms with E-state index in [1.807, 2.05) is 6.92 Å². The van der Waals surface area contributed by atoms with Crippen molar-refractivity contribution < 1.29 is 9.18 Å². The van der Waals surface area contributed by atoms with Gasteiger partial charge in [-0.2, -0.15) is 0 Å². The van der Waals surface area contributed by atoms with Crippen molar-refractivity contribution >= 4 is 23.1 Å². The summed E-state index contributed by atoms with van der Waals surface area (Å²) in [4.78, 5) is 11.4. The first-order chi connectivity index (χ1) is 7.99. The summed E-state index contributed by atoms with van der Waals surface area (Å²) in [5.74, 6) is -0.430. The van der Waals surface area contributed by atoms with E-state index in [0.717, 1.165) is 11.1 Å². The third kappa shape index (κ3) is 4.91. The quantitative estimate of drug-likeness (QED) is 0.782. The third-order valence-electron chi connectivity index (χ3n) is 2.36. The molecule has 0 spiro atoms. The lowest BCUT2D eigenvalue weighted by Gasteiger charge is -2.07. The number of rotatable bonds is 5. The van der Waals surface area contributed by atoms with Crippen LogP contribution in [0.2, 0.25) is 0 Å². The van der Waals surface area contributed by atoms with E-state index in [1.165, 1.54) is 12.1 Å². The van der Waals surface area contributed by atoms with Gasteiger partial charge in [0.05, 0.1) is 11.4 Å². The number of aryl methyl sites for hydroxylation is 1. The van der Waals surface area contributed by atoms with Gasteiger partial charge in [0, 0.05) is 6.54 Å². The number of thiocarbonyl (C=S) groups is 1. The van der Waals surface area contributed by atoms with Crippen molar-refractivity contribution in [3.05, 3.63) is 35.1 Å². The van der Waals surface area contributed by atoms with Crippen molar-refractivity contribution in [2.45, 2.75) is 19.8 Å². The average molecular weight is 254 g/mol. The zero-order valence-electron chi connectivity index (χ0n) is 9.63. The Hall–Kier alpha value is -1.49. The molecular weight excluding hydrogens is 239 g/mol. The SMILES string of the molecule is Cc1cc(F)ccc1CCNC(=O)CC(N)=S. The molecule has 1 rings (SSSR count). The average Bonchev–Trinajstić information content (AvgIpc) is 2.20. The normalized spacial score (nSPS) is 10.0. The molecular formula is C12H15FN2OS. The minimum atomic E-state index is -0.247. The molecule has 17 heavy (non-hydrogen) atoms.